The molecule has 0 saturated heterocycles. The molecule has 0 unspecified atom stereocenters. The topological polar surface area (TPSA) is 47.9 Å². The summed E-state index contributed by atoms with van der Waals surface area (Å²) in [6.45, 7) is 0.502. The lowest BCUT2D eigenvalue weighted by Gasteiger charge is -2.14. The van der Waals surface area contributed by atoms with Crippen LogP contribution in [0.1, 0.15) is 18.4 Å². The quantitative estimate of drug-likeness (QED) is 0.232. The van der Waals surface area contributed by atoms with Crippen LogP contribution in [0.2, 0.25) is 10.6 Å². The van der Waals surface area contributed by atoms with Gasteiger partial charge in [0.25, 0.3) is 0 Å². The zero-order valence-corrected chi connectivity index (χ0v) is 17.0. The van der Waals surface area contributed by atoms with Gasteiger partial charge in [0.15, 0.2) is 0 Å². The Kier molecular flexibility index (Phi) is 4.82. The van der Waals surface area contributed by atoms with E-state index in [-0.39, 0.29) is 16.6 Å². The number of aryl methyl sites for hydroxylation is 1. The fourth-order valence-corrected chi connectivity index (χ4v) is 4.32. The average Bonchev–Trinajstić information content (AvgIpc) is 2.72. The highest BCUT2D eigenvalue weighted by Gasteiger charge is 2.10. The van der Waals surface area contributed by atoms with E-state index >= 15 is 0 Å². The van der Waals surface area contributed by atoms with Crippen LogP contribution in [0.5, 0.6) is 6.01 Å². The normalized spacial score (nSPS) is 11.7. The molecule has 0 N–H and O–H groups in total. The van der Waals surface area contributed by atoms with Crippen LogP contribution in [0, 0.1) is 0 Å². The van der Waals surface area contributed by atoms with E-state index in [0.717, 1.165) is 19.3 Å². The average molecular weight is 422 g/mol. The van der Waals surface area contributed by atoms with E-state index < -0.39 is 0 Å². The molecule has 0 amide bonds. The van der Waals surface area contributed by atoms with Crippen molar-refractivity contribution in [1.82, 2.24) is 15.0 Å². The van der Waals surface area contributed by atoms with Gasteiger partial charge in [-0.1, -0.05) is 54.6 Å². The van der Waals surface area contributed by atoms with Crippen molar-refractivity contribution in [3.8, 4) is 6.01 Å². The number of unbranched alkanes of at least 4 members (excludes halogenated alkanes) is 1. The third-order valence-electron chi connectivity index (χ3n) is 5.25. The van der Waals surface area contributed by atoms with Gasteiger partial charge in [-0.2, -0.15) is 15.0 Å². The summed E-state index contributed by atoms with van der Waals surface area (Å²) in [5.74, 6) is 0. The maximum absolute atomic E-state index is 5.76. The predicted octanol–water partition coefficient (Wildman–Crippen LogP) is 6.48. The van der Waals surface area contributed by atoms with Gasteiger partial charge in [0.1, 0.15) is 0 Å². The van der Waals surface area contributed by atoms with Crippen LogP contribution in [-0.2, 0) is 6.42 Å². The summed E-state index contributed by atoms with van der Waals surface area (Å²) in [6.07, 6.45) is 2.86. The molecule has 1 heterocycles. The third-order valence-corrected chi connectivity index (χ3v) is 5.59. The Morgan fingerprint density at radius 1 is 0.690 bits per heavy atom. The molecule has 29 heavy (non-hydrogen) atoms. The molecule has 0 saturated carbocycles. The van der Waals surface area contributed by atoms with Gasteiger partial charge in [0, 0.05) is 0 Å². The highest BCUT2D eigenvalue weighted by molar-refractivity contribution is 6.31. The van der Waals surface area contributed by atoms with Gasteiger partial charge in [-0.25, -0.2) is 0 Å². The molecule has 5 aromatic rings. The summed E-state index contributed by atoms with van der Waals surface area (Å²) < 4.78 is 5.55. The Morgan fingerprint density at radius 2 is 1.34 bits per heavy atom. The van der Waals surface area contributed by atoms with Crippen molar-refractivity contribution in [1.29, 1.82) is 0 Å². The fourth-order valence-electron chi connectivity index (χ4n) is 3.97. The second-order valence-electron chi connectivity index (χ2n) is 7.04. The molecule has 0 fully saturated rings. The van der Waals surface area contributed by atoms with E-state index in [0.29, 0.717) is 6.61 Å². The second kappa shape index (κ2) is 7.62. The monoisotopic (exact) mass is 421 g/mol. The zero-order valence-electron chi connectivity index (χ0n) is 15.5. The highest BCUT2D eigenvalue weighted by atomic mass is 35.5. The molecule has 6 heteroatoms. The molecule has 0 aliphatic carbocycles. The molecule has 0 aliphatic rings. The number of benzene rings is 4. The lowest BCUT2D eigenvalue weighted by atomic mass is 9.91. The molecule has 1 aromatic heterocycles. The van der Waals surface area contributed by atoms with Gasteiger partial charge in [-0.05, 0) is 80.3 Å². The van der Waals surface area contributed by atoms with E-state index in [1.807, 2.05) is 0 Å². The lowest BCUT2D eigenvalue weighted by molar-refractivity contribution is 0.282. The molecule has 0 radical (unpaired) electrons. The van der Waals surface area contributed by atoms with Gasteiger partial charge >= 0.3 is 6.01 Å². The van der Waals surface area contributed by atoms with Crippen LogP contribution < -0.4 is 4.74 Å². The molecule has 0 spiro atoms. The molecule has 144 valence electrons. The minimum absolute atomic E-state index is 0.0358. The lowest BCUT2D eigenvalue weighted by Crippen LogP contribution is -2.03. The number of aromatic nitrogens is 3. The molecular formula is C23H17Cl2N3O. The van der Waals surface area contributed by atoms with Crippen molar-refractivity contribution < 1.29 is 4.74 Å². The van der Waals surface area contributed by atoms with Crippen LogP contribution in [0.15, 0.2) is 54.6 Å². The van der Waals surface area contributed by atoms with E-state index in [1.54, 1.807) is 0 Å². The first-order chi connectivity index (χ1) is 14.2. The molecule has 4 aromatic carbocycles. The molecule has 0 aliphatic heterocycles. The van der Waals surface area contributed by atoms with Crippen molar-refractivity contribution in [2.24, 2.45) is 0 Å². The van der Waals surface area contributed by atoms with E-state index in [2.05, 4.69) is 69.5 Å². The Labute approximate surface area is 177 Å². The predicted molar refractivity (Wildman–Crippen MR) is 118 cm³/mol. The summed E-state index contributed by atoms with van der Waals surface area (Å²) in [6, 6.07) is 20.0. The Hall–Kier alpha value is -2.69. The number of hydrogen-bond donors (Lipinski definition) is 0. The summed E-state index contributed by atoms with van der Waals surface area (Å²) in [5.41, 5.74) is 1.36. The Balaban J connectivity index is 1.33. The summed E-state index contributed by atoms with van der Waals surface area (Å²) in [4.78, 5) is 11.5. The summed E-state index contributed by atoms with van der Waals surface area (Å²) in [7, 11) is 0. The highest BCUT2D eigenvalue weighted by Crippen LogP contribution is 2.36. The number of ether oxygens (including phenoxy) is 1. The van der Waals surface area contributed by atoms with E-state index in [4.69, 9.17) is 27.9 Å². The number of hydrogen-bond acceptors (Lipinski definition) is 4. The van der Waals surface area contributed by atoms with Crippen LogP contribution in [0.25, 0.3) is 32.3 Å². The van der Waals surface area contributed by atoms with Crippen molar-refractivity contribution in [3.05, 3.63) is 70.7 Å². The molecule has 0 bridgehead atoms. The zero-order chi connectivity index (χ0) is 19.8. The van der Waals surface area contributed by atoms with Crippen LogP contribution in [-0.4, -0.2) is 21.6 Å². The van der Waals surface area contributed by atoms with Gasteiger partial charge in [0.05, 0.1) is 6.61 Å². The smallest absolute Gasteiger partial charge is 0.322 e. The first-order valence-corrected chi connectivity index (χ1v) is 10.3. The molecule has 0 atom stereocenters. The molecular weight excluding hydrogens is 405 g/mol. The molecule has 5 rings (SSSR count). The van der Waals surface area contributed by atoms with E-state index in [9.17, 15) is 0 Å². The van der Waals surface area contributed by atoms with Crippen LogP contribution in [0.4, 0.5) is 0 Å². The Morgan fingerprint density at radius 3 is 2.10 bits per heavy atom. The summed E-state index contributed by atoms with van der Waals surface area (Å²) in [5, 5.41) is 8.01. The van der Waals surface area contributed by atoms with Crippen LogP contribution in [0.3, 0.4) is 0 Å². The standard InChI is InChI=1S/C23H17Cl2N3O/c24-21-26-22(25)28-23(27-21)29-13-2-1-4-14-7-8-17-10-9-15-5-3-6-16-11-12-18(14)20(17)19(15)16/h3,5-12H,1-2,4,13H2. The third kappa shape index (κ3) is 3.54. The van der Waals surface area contributed by atoms with Crippen molar-refractivity contribution in [2.75, 3.05) is 6.61 Å². The molecule has 4 nitrogen and oxygen atoms in total. The maximum Gasteiger partial charge on any atom is 0.322 e. The summed E-state index contributed by atoms with van der Waals surface area (Å²) >= 11 is 11.5. The second-order valence-corrected chi connectivity index (χ2v) is 7.72. The number of halogens is 2. The SMILES string of the molecule is Clc1nc(Cl)nc(OCCCCc2ccc3ccc4cccc5ccc2c3c45)n1. The van der Waals surface area contributed by atoms with E-state index in [1.165, 1.54) is 37.9 Å². The van der Waals surface area contributed by atoms with Gasteiger partial charge in [-0.3, -0.25) is 0 Å². The minimum Gasteiger partial charge on any atom is -0.463 e. The van der Waals surface area contributed by atoms with Crippen molar-refractivity contribution in [3.63, 3.8) is 0 Å². The van der Waals surface area contributed by atoms with Crippen LogP contribution >= 0.6 is 23.2 Å². The van der Waals surface area contributed by atoms with Crippen molar-refractivity contribution in [2.45, 2.75) is 19.3 Å². The Bertz CT molecular complexity index is 1290. The first kappa shape index (κ1) is 18.3. The number of nitrogens with zero attached hydrogens (tertiary/aromatic N) is 3. The van der Waals surface area contributed by atoms with Gasteiger partial charge in [0.2, 0.25) is 10.6 Å². The number of rotatable bonds is 6. The largest absolute Gasteiger partial charge is 0.463 e. The fraction of sp³-hybridized carbons (Fsp3) is 0.174. The van der Waals surface area contributed by atoms with Gasteiger partial charge < -0.3 is 4.74 Å². The first-order valence-electron chi connectivity index (χ1n) is 9.54. The minimum atomic E-state index is 0.0358. The maximum atomic E-state index is 5.76. The van der Waals surface area contributed by atoms with Crippen molar-refractivity contribution >= 4 is 55.5 Å². The van der Waals surface area contributed by atoms with Gasteiger partial charge in [-0.15, -0.1) is 0 Å².